The van der Waals surface area contributed by atoms with Crippen molar-refractivity contribution in [1.29, 1.82) is 5.41 Å². The van der Waals surface area contributed by atoms with Crippen LogP contribution in [-0.2, 0) is 18.5 Å². The second-order valence-corrected chi connectivity index (χ2v) is 7.52. The number of piperazine rings is 1. The minimum Gasteiger partial charge on any atom is -0.370 e. The molecule has 0 bridgehead atoms. The van der Waals surface area contributed by atoms with Gasteiger partial charge in [0.05, 0.1) is 5.56 Å². The number of nitrogens with one attached hydrogen (secondary N) is 1. The number of benzene rings is 1. The largest absolute Gasteiger partial charge is 0.416 e. The van der Waals surface area contributed by atoms with E-state index in [2.05, 4.69) is 9.88 Å². The summed E-state index contributed by atoms with van der Waals surface area (Å²) in [5, 5.41) is 8.24. The van der Waals surface area contributed by atoms with Crippen LogP contribution >= 0.6 is 11.8 Å². The first-order chi connectivity index (χ1) is 13.3. The molecule has 9 heteroatoms. The zero-order valence-electron chi connectivity index (χ0n) is 15.2. The van der Waals surface area contributed by atoms with Crippen molar-refractivity contribution in [3.63, 3.8) is 0 Å². The molecule has 1 saturated heterocycles. The molecule has 0 radical (unpaired) electrons. The Morgan fingerprint density at radius 1 is 1.07 bits per heavy atom. The monoisotopic (exact) mass is 409 g/mol. The molecule has 3 N–H and O–H groups in total. The molecule has 0 saturated carbocycles. The molecule has 1 aromatic carbocycles. The Kier molecular flexibility index (Phi) is 6.46. The fourth-order valence-electron chi connectivity index (χ4n) is 3.13. The highest BCUT2D eigenvalue weighted by molar-refractivity contribution is 7.98. The Morgan fingerprint density at radius 3 is 2.43 bits per heavy atom. The molecule has 2 aromatic rings. The second-order valence-electron chi connectivity index (χ2n) is 6.56. The van der Waals surface area contributed by atoms with Crippen LogP contribution in [0.1, 0.15) is 16.7 Å². The number of guanidine groups is 1. The van der Waals surface area contributed by atoms with Crippen LogP contribution in [0.2, 0.25) is 0 Å². The fourth-order valence-corrected chi connectivity index (χ4v) is 4.13. The molecule has 0 amide bonds. The molecule has 3 rings (SSSR count). The number of hydrogen-bond acceptors (Lipinski definition) is 4. The van der Waals surface area contributed by atoms with E-state index < -0.39 is 11.7 Å². The molecular formula is C19H22F3N5S. The SMILES string of the molecule is N=C(N)N1CCN(Cc2cccnc2SCc2ccccc2C(F)(F)F)CC1. The molecule has 1 aromatic heterocycles. The molecular weight excluding hydrogens is 387 g/mol. The summed E-state index contributed by atoms with van der Waals surface area (Å²) in [5.41, 5.74) is 6.18. The third-order valence-electron chi connectivity index (χ3n) is 4.64. The molecule has 28 heavy (non-hydrogen) atoms. The summed E-state index contributed by atoms with van der Waals surface area (Å²) in [4.78, 5) is 8.45. The molecule has 0 unspecified atom stereocenters. The van der Waals surface area contributed by atoms with E-state index in [4.69, 9.17) is 11.1 Å². The molecule has 0 aliphatic carbocycles. The third kappa shape index (κ3) is 5.17. The summed E-state index contributed by atoms with van der Waals surface area (Å²) in [6.45, 7) is 3.60. The van der Waals surface area contributed by atoms with Gasteiger partial charge < -0.3 is 10.6 Å². The highest BCUT2D eigenvalue weighted by Crippen LogP contribution is 2.35. The Morgan fingerprint density at radius 2 is 1.75 bits per heavy atom. The van der Waals surface area contributed by atoms with Gasteiger partial charge in [0.25, 0.3) is 0 Å². The van der Waals surface area contributed by atoms with Gasteiger partial charge in [-0.3, -0.25) is 10.3 Å². The number of hydrogen-bond donors (Lipinski definition) is 2. The van der Waals surface area contributed by atoms with Crippen molar-refractivity contribution >= 4 is 17.7 Å². The molecule has 0 atom stereocenters. The highest BCUT2D eigenvalue weighted by Gasteiger charge is 2.32. The van der Waals surface area contributed by atoms with E-state index in [0.717, 1.165) is 29.7 Å². The summed E-state index contributed by atoms with van der Waals surface area (Å²) in [6, 6.07) is 9.46. The standard InChI is InChI=1S/C19H22F3N5S/c20-19(21,22)16-6-2-1-4-15(16)13-28-17-14(5-3-7-25-17)12-26-8-10-27(11-9-26)18(23)24/h1-7H,8-13H2,(H3,23,24). The van der Waals surface area contributed by atoms with Crippen LogP contribution < -0.4 is 5.73 Å². The number of pyridine rings is 1. The van der Waals surface area contributed by atoms with Crippen molar-refractivity contribution in [2.24, 2.45) is 5.73 Å². The van der Waals surface area contributed by atoms with Gasteiger partial charge in [-0.2, -0.15) is 13.2 Å². The minimum atomic E-state index is -4.36. The number of rotatable bonds is 5. The van der Waals surface area contributed by atoms with Crippen LogP contribution in [0, 0.1) is 5.41 Å². The summed E-state index contributed by atoms with van der Waals surface area (Å²) in [5.74, 6) is 0.290. The van der Waals surface area contributed by atoms with Gasteiger partial charge in [-0.15, -0.1) is 11.8 Å². The molecule has 1 fully saturated rings. The lowest BCUT2D eigenvalue weighted by Gasteiger charge is -2.35. The lowest BCUT2D eigenvalue weighted by atomic mass is 10.1. The van der Waals surface area contributed by atoms with E-state index in [-0.39, 0.29) is 17.3 Å². The predicted molar refractivity (Wildman–Crippen MR) is 104 cm³/mol. The van der Waals surface area contributed by atoms with Gasteiger partial charge >= 0.3 is 6.18 Å². The summed E-state index contributed by atoms with van der Waals surface area (Å²) >= 11 is 1.32. The highest BCUT2D eigenvalue weighted by atomic mass is 32.2. The molecule has 5 nitrogen and oxygen atoms in total. The first kappa shape index (κ1) is 20.5. The first-order valence-electron chi connectivity index (χ1n) is 8.87. The maximum Gasteiger partial charge on any atom is 0.416 e. The maximum absolute atomic E-state index is 13.2. The predicted octanol–water partition coefficient (Wildman–Crippen LogP) is 3.40. The quantitative estimate of drug-likeness (QED) is 0.450. The number of nitrogens with zero attached hydrogens (tertiary/aromatic N) is 3. The molecule has 1 aliphatic rings. The van der Waals surface area contributed by atoms with E-state index in [1.165, 1.54) is 23.9 Å². The van der Waals surface area contributed by atoms with E-state index in [1.54, 1.807) is 12.3 Å². The van der Waals surface area contributed by atoms with Crippen molar-refractivity contribution in [1.82, 2.24) is 14.8 Å². The van der Waals surface area contributed by atoms with E-state index >= 15 is 0 Å². The molecule has 1 aliphatic heterocycles. The summed E-state index contributed by atoms with van der Waals surface area (Å²) < 4.78 is 39.6. The number of thioether (sulfide) groups is 1. The normalized spacial score (nSPS) is 15.6. The van der Waals surface area contributed by atoms with Gasteiger partial charge in [-0.1, -0.05) is 24.3 Å². The van der Waals surface area contributed by atoms with E-state index in [1.807, 2.05) is 17.0 Å². The van der Waals surface area contributed by atoms with Crippen LogP contribution in [0.5, 0.6) is 0 Å². The Bertz CT molecular complexity index is 819. The minimum absolute atomic E-state index is 0.0839. The average Bonchev–Trinajstić information content (AvgIpc) is 2.67. The topological polar surface area (TPSA) is 69.2 Å². The zero-order valence-corrected chi connectivity index (χ0v) is 16.1. The van der Waals surface area contributed by atoms with Gasteiger partial charge in [0.1, 0.15) is 5.03 Å². The van der Waals surface area contributed by atoms with Crippen LogP contribution in [-0.4, -0.2) is 46.9 Å². The van der Waals surface area contributed by atoms with Gasteiger partial charge in [0.2, 0.25) is 0 Å². The Labute approximate surface area is 166 Å². The number of aromatic nitrogens is 1. The smallest absolute Gasteiger partial charge is 0.370 e. The first-order valence-corrected chi connectivity index (χ1v) is 9.86. The molecule has 0 spiro atoms. The van der Waals surface area contributed by atoms with Gasteiger partial charge in [-0.05, 0) is 23.3 Å². The van der Waals surface area contributed by atoms with Crippen LogP contribution in [0.4, 0.5) is 13.2 Å². The van der Waals surface area contributed by atoms with Crippen LogP contribution in [0.3, 0.4) is 0 Å². The lowest BCUT2D eigenvalue weighted by Crippen LogP contribution is -2.50. The van der Waals surface area contributed by atoms with Crippen molar-refractivity contribution in [3.05, 3.63) is 59.3 Å². The summed E-state index contributed by atoms with van der Waals surface area (Å²) in [7, 11) is 0. The van der Waals surface area contributed by atoms with Crippen molar-refractivity contribution in [3.8, 4) is 0 Å². The van der Waals surface area contributed by atoms with E-state index in [9.17, 15) is 13.2 Å². The van der Waals surface area contributed by atoms with E-state index in [0.29, 0.717) is 19.6 Å². The zero-order chi connectivity index (χ0) is 20.1. The van der Waals surface area contributed by atoms with Crippen molar-refractivity contribution in [2.45, 2.75) is 23.5 Å². The number of alkyl halides is 3. The number of halogens is 3. The van der Waals surface area contributed by atoms with Crippen molar-refractivity contribution < 1.29 is 13.2 Å². The van der Waals surface area contributed by atoms with Crippen LogP contribution in [0.25, 0.3) is 0 Å². The van der Waals surface area contributed by atoms with Gasteiger partial charge in [-0.25, -0.2) is 4.98 Å². The molecule has 150 valence electrons. The average molecular weight is 409 g/mol. The Hall–Kier alpha value is -2.26. The van der Waals surface area contributed by atoms with Gasteiger partial charge in [0.15, 0.2) is 5.96 Å². The fraction of sp³-hybridized carbons (Fsp3) is 0.368. The third-order valence-corrected chi connectivity index (χ3v) is 5.74. The second kappa shape index (κ2) is 8.83. The van der Waals surface area contributed by atoms with Gasteiger partial charge in [0, 0.05) is 44.7 Å². The lowest BCUT2D eigenvalue weighted by molar-refractivity contribution is -0.138. The molecule has 2 heterocycles. The maximum atomic E-state index is 13.2. The summed E-state index contributed by atoms with van der Waals surface area (Å²) in [6.07, 6.45) is -2.70. The van der Waals surface area contributed by atoms with Crippen LogP contribution in [0.15, 0.2) is 47.6 Å². The Balaban J connectivity index is 1.66. The number of nitrogens with two attached hydrogens (primary N) is 1. The van der Waals surface area contributed by atoms with Crippen molar-refractivity contribution in [2.75, 3.05) is 26.2 Å².